The molecule has 2 aromatic heterocycles. The number of para-hydroxylation sites is 1. The minimum Gasteiger partial charge on any atom is -0.268 e. The zero-order valence-electron chi connectivity index (χ0n) is 14.7. The molecule has 6 heteroatoms. The van der Waals surface area contributed by atoms with Crippen molar-refractivity contribution < 1.29 is 4.21 Å². The van der Waals surface area contributed by atoms with Crippen molar-refractivity contribution in [3.63, 3.8) is 0 Å². The number of hydrogen-bond donors (Lipinski definition) is 0. The summed E-state index contributed by atoms with van der Waals surface area (Å²) in [6, 6.07) is 18.3. The lowest BCUT2D eigenvalue weighted by atomic mass is 10.2. The van der Waals surface area contributed by atoms with Crippen LogP contribution in [0.4, 0.5) is 0 Å². The van der Waals surface area contributed by atoms with E-state index in [1.807, 2.05) is 49.4 Å². The number of aromatic nitrogens is 3. The number of fused-ring (bicyclic) bond motifs is 1. The molecule has 134 valence electrons. The predicted molar refractivity (Wildman–Crippen MR) is 106 cm³/mol. The second kappa shape index (κ2) is 7.25. The third-order valence-corrected chi connectivity index (χ3v) is 5.56. The molecule has 0 fully saturated rings. The van der Waals surface area contributed by atoms with Crippen LogP contribution < -0.4 is 5.56 Å². The summed E-state index contributed by atoms with van der Waals surface area (Å²) in [4.78, 5) is 21.7. The van der Waals surface area contributed by atoms with Gasteiger partial charge in [-0.15, -0.1) is 0 Å². The Balaban J connectivity index is 1.92. The quantitative estimate of drug-likeness (QED) is 0.513. The molecule has 0 amide bonds. The van der Waals surface area contributed by atoms with Crippen LogP contribution in [-0.2, 0) is 16.6 Å². The van der Waals surface area contributed by atoms with Gasteiger partial charge in [0, 0.05) is 12.4 Å². The van der Waals surface area contributed by atoms with E-state index in [4.69, 9.17) is 0 Å². The highest BCUT2D eigenvalue weighted by atomic mass is 32.2. The lowest BCUT2D eigenvalue weighted by Gasteiger charge is -2.13. The molecule has 0 saturated heterocycles. The zero-order chi connectivity index (χ0) is 18.8. The van der Waals surface area contributed by atoms with Crippen LogP contribution in [-0.4, -0.2) is 18.7 Å². The van der Waals surface area contributed by atoms with Gasteiger partial charge in [0.15, 0.2) is 0 Å². The monoisotopic (exact) mass is 375 g/mol. The van der Waals surface area contributed by atoms with Gasteiger partial charge < -0.3 is 0 Å². The Morgan fingerprint density at radius 1 is 0.963 bits per heavy atom. The number of rotatable bonds is 4. The Labute approximate surface area is 158 Å². The average Bonchev–Trinajstić information content (AvgIpc) is 2.69. The molecular formula is C21H17N3O2S. The molecule has 0 aliphatic heterocycles. The van der Waals surface area contributed by atoms with Crippen molar-refractivity contribution in [1.82, 2.24) is 14.5 Å². The highest BCUT2D eigenvalue weighted by molar-refractivity contribution is 7.84. The molecule has 0 aliphatic carbocycles. The van der Waals surface area contributed by atoms with Gasteiger partial charge in [-0.25, -0.2) is 4.98 Å². The van der Waals surface area contributed by atoms with Crippen LogP contribution in [0.5, 0.6) is 0 Å². The summed E-state index contributed by atoms with van der Waals surface area (Å²) in [7, 11) is -1.49. The average molecular weight is 375 g/mol. The van der Waals surface area contributed by atoms with Crippen molar-refractivity contribution in [3.8, 4) is 5.69 Å². The Kier molecular flexibility index (Phi) is 4.64. The van der Waals surface area contributed by atoms with Gasteiger partial charge in [0.05, 0.1) is 33.1 Å². The maximum Gasteiger partial charge on any atom is 0.266 e. The molecule has 0 aliphatic rings. The van der Waals surface area contributed by atoms with Crippen LogP contribution >= 0.6 is 0 Å². The minimum absolute atomic E-state index is 0.220. The fourth-order valence-corrected chi connectivity index (χ4v) is 4.10. The van der Waals surface area contributed by atoms with Crippen molar-refractivity contribution in [1.29, 1.82) is 0 Å². The fraction of sp³-hybridized carbons (Fsp3) is 0.0952. The molecule has 2 heterocycles. The highest BCUT2D eigenvalue weighted by Gasteiger charge is 2.18. The molecule has 4 aromatic rings. The molecule has 0 radical (unpaired) electrons. The van der Waals surface area contributed by atoms with E-state index in [0.29, 0.717) is 16.6 Å². The van der Waals surface area contributed by atoms with Gasteiger partial charge in [-0.3, -0.25) is 18.6 Å². The molecular weight excluding hydrogens is 358 g/mol. The van der Waals surface area contributed by atoms with E-state index in [1.165, 1.54) is 4.57 Å². The summed E-state index contributed by atoms with van der Waals surface area (Å²) >= 11 is 0. The summed E-state index contributed by atoms with van der Waals surface area (Å²) in [5, 5.41) is 0.752. The molecule has 0 saturated carbocycles. The molecule has 1 atom stereocenters. The Hall–Kier alpha value is -3.12. The SMILES string of the molecule is Cc1ccc(-n2c(S(=O)Cc3ccncc3)nc3ccccc3c2=O)cc1. The molecule has 2 aromatic carbocycles. The first-order chi connectivity index (χ1) is 13.1. The lowest BCUT2D eigenvalue weighted by molar-refractivity contribution is 0.667. The van der Waals surface area contributed by atoms with Crippen molar-refractivity contribution in [2.24, 2.45) is 0 Å². The molecule has 0 N–H and O–H groups in total. The van der Waals surface area contributed by atoms with Gasteiger partial charge in [-0.1, -0.05) is 29.8 Å². The van der Waals surface area contributed by atoms with E-state index in [0.717, 1.165) is 11.1 Å². The predicted octanol–water partition coefficient (Wildman–Crippen LogP) is 3.40. The van der Waals surface area contributed by atoms with Crippen LogP contribution in [0.25, 0.3) is 16.6 Å². The largest absolute Gasteiger partial charge is 0.268 e. The van der Waals surface area contributed by atoms with E-state index in [1.54, 1.807) is 30.6 Å². The smallest absolute Gasteiger partial charge is 0.266 e. The third-order valence-electron chi connectivity index (χ3n) is 4.29. The minimum atomic E-state index is -1.49. The first-order valence-electron chi connectivity index (χ1n) is 8.49. The molecule has 4 rings (SSSR count). The lowest BCUT2D eigenvalue weighted by Crippen LogP contribution is -2.24. The number of pyridine rings is 1. The Morgan fingerprint density at radius 2 is 1.67 bits per heavy atom. The van der Waals surface area contributed by atoms with E-state index in [-0.39, 0.29) is 16.5 Å². The van der Waals surface area contributed by atoms with Gasteiger partial charge in [0.1, 0.15) is 0 Å². The van der Waals surface area contributed by atoms with E-state index in [9.17, 15) is 9.00 Å². The van der Waals surface area contributed by atoms with Crippen molar-refractivity contribution in [3.05, 3.63) is 94.5 Å². The second-order valence-electron chi connectivity index (χ2n) is 6.23. The Morgan fingerprint density at radius 3 is 2.41 bits per heavy atom. The molecule has 1 unspecified atom stereocenters. The van der Waals surface area contributed by atoms with Gasteiger partial charge in [-0.2, -0.15) is 0 Å². The van der Waals surface area contributed by atoms with E-state index >= 15 is 0 Å². The van der Waals surface area contributed by atoms with E-state index < -0.39 is 10.8 Å². The first kappa shape index (κ1) is 17.3. The molecule has 0 bridgehead atoms. The maximum atomic E-state index is 13.2. The van der Waals surface area contributed by atoms with Crippen LogP contribution in [0, 0.1) is 6.92 Å². The van der Waals surface area contributed by atoms with E-state index in [2.05, 4.69) is 9.97 Å². The summed E-state index contributed by atoms with van der Waals surface area (Å²) < 4.78 is 14.6. The Bertz CT molecular complexity index is 1190. The standard InChI is InChI=1S/C21H17N3O2S/c1-15-6-8-17(9-7-15)24-20(25)18-4-2-3-5-19(18)23-21(24)27(26)14-16-10-12-22-13-11-16/h2-13H,14H2,1H3. The zero-order valence-corrected chi connectivity index (χ0v) is 15.5. The molecule has 5 nitrogen and oxygen atoms in total. The van der Waals surface area contributed by atoms with Crippen LogP contribution in [0.3, 0.4) is 0 Å². The number of nitrogens with zero attached hydrogens (tertiary/aromatic N) is 3. The van der Waals surface area contributed by atoms with Crippen LogP contribution in [0.15, 0.2) is 83.0 Å². The molecule has 27 heavy (non-hydrogen) atoms. The van der Waals surface area contributed by atoms with Gasteiger partial charge in [0.25, 0.3) is 5.56 Å². The van der Waals surface area contributed by atoms with Gasteiger partial charge in [0.2, 0.25) is 5.16 Å². The second-order valence-corrected chi connectivity index (χ2v) is 7.58. The summed E-state index contributed by atoms with van der Waals surface area (Å²) in [6.45, 7) is 1.98. The normalized spacial score (nSPS) is 12.2. The topological polar surface area (TPSA) is 64.8 Å². The number of hydrogen-bond acceptors (Lipinski definition) is 4. The van der Waals surface area contributed by atoms with Crippen molar-refractivity contribution >= 4 is 21.7 Å². The number of benzene rings is 2. The van der Waals surface area contributed by atoms with Gasteiger partial charge >= 0.3 is 0 Å². The summed E-state index contributed by atoms with van der Waals surface area (Å²) in [5.74, 6) is 0.263. The third kappa shape index (κ3) is 3.44. The van der Waals surface area contributed by atoms with Crippen molar-refractivity contribution in [2.75, 3.05) is 0 Å². The molecule has 0 spiro atoms. The van der Waals surface area contributed by atoms with Gasteiger partial charge in [-0.05, 0) is 48.9 Å². The number of aryl methyl sites for hydroxylation is 1. The summed E-state index contributed by atoms with van der Waals surface area (Å²) in [6.07, 6.45) is 3.32. The van der Waals surface area contributed by atoms with Crippen molar-refractivity contribution in [2.45, 2.75) is 17.8 Å². The van der Waals surface area contributed by atoms with Crippen LogP contribution in [0.2, 0.25) is 0 Å². The fourth-order valence-electron chi connectivity index (χ4n) is 2.88. The van der Waals surface area contributed by atoms with Crippen LogP contribution in [0.1, 0.15) is 11.1 Å². The highest BCUT2D eigenvalue weighted by Crippen LogP contribution is 2.18. The maximum absolute atomic E-state index is 13.2. The summed E-state index contributed by atoms with van der Waals surface area (Å²) in [5.41, 5.74) is 2.94. The first-order valence-corrected chi connectivity index (χ1v) is 9.81.